The van der Waals surface area contributed by atoms with E-state index in [0.717, 1.165) is 24.8 Å². The minimum Gasteiger partial charge on any atom is -0.463 e. The first-order valence-corrected chi connectivity index (χ1v) is 11.2. The number of carbonyl (C=O) groups excluding carboxylic acids is 3. The van der Waals surface area contributed by atoms with E-state index in [-0.39, 0.29) is 32.1 Å². The molecule has 1 heterocycles. The highest BCUT2D eigenvalue weighted by molar-refractivity contribution is 6.14. The first kappa shape index (κ1) is 25.8. The SMILES string of the molecule is CCCCCC(O)c1ccc(N2C(=O)NC(=O)[C@@H]2CCOCCCC(=O)OCCO)cc1. The van der Waals surface area contributed by atoms with Crippen molar-refractivity contribution in [3.8, 4) is 0 Å². The molecule has 32 heavy (non-hydrogen) atoms. The number of unbranched alkanes of at least 4 members (excludes halogenated alkanes) is 2. The van der Waals surface area contributed by atoms with Crippen molar-refractivity contribution in [3.05, 3.63) is 29.8 Å². The van der Waals surface area contributed by atoms with E-state index in [1.54, 1.807) is 24.3 Å². The Balaban J connectivity index is 1.83. The molecular weight excluding hydrogens is 416 g/mol. The number of hydrogen-bond acceptors (Lipinski definition) is 7. The zero-order valence-corrected chi connectivity index (χ0v) is 18.6. The van der Waals surface area contributed by atoms with Crippen LogP contribution in [0.1, 0.15) is 63.5 Å². The fourth-order valence-electron chi connectivity index (χ4n) is 3.52. The number of benzene rings is 1. The molecule has 1 aromatic carbocycles. The van der Waals surface area contributed by atoms with Gasteiger partial charge in [0.05, 0.1) is 12.7 Å². The molecule has 9 nitrogen and oxygen atoms in total. The molecule has 0 spiro atoms. The van der Waals surface area contributed by atoms with Crippen molar-refractivity contribution in [3.63, 3.8) is 0 Å². The van der Waals surface area contributed by atoms with Gasteiger partial charge in [-0.05, 0) is 30.5 Å². The minimum atomic E-state index is -0.683. The fraction of sp³-hybridized carbons (Fsp3) is 0.609. The summed E-state index contributed by atoms with van der Waals surface area (Å²) in [6.45, 7) is 2.47. The number of hydrogen-bond donors (Lipinski definition) is 3. The molecule has 9 heteroatoms. The number of anilines is 1. The molecular formula is C23H34N2O7. The third-order valence-corrected chi connectivity index (χ3v) is 5.26. The summed E-state index contributed by atoms with van der Waals surface area (Å²) in [5.74, 6) is -0.775. The number of carbonyl (C=O) groups is 3. The molecule has 3 N–H and O–H groups in total. The third-order valence-electron chi connectivity index (χ3n) is 5.26. The highest BCUT2D eigenvalue weighted by Gasteiger charge is 2.39. The van der Waals surface area contributed by atoms with Crippen LogP contribution < -0.4 is 10.2 Å². The average Bonchev–Trinajstić information content (AvgIpc) is 3.07. The van der Waals surface area contributed by atoms with Crippen LogP contribution in [0.5, 0.6) is 0 Å². The van der Waals surface area contributed by atoms with E-state index < -0.39 is 24.1 Å². The zero-order valence-electron chi connectivity index (χ0n) is 18.6. The summed E-state index contributed by atoms with van der Waals surface area (Å²) in [7, 11) is 0. The van der Waals surface area contributed by atoms with Gasteiger partial charge in [0, 0.05) is 31.7 Å². The van der Waals surface area contributed by atoms with Crippen molar-refractivity contribution < 1.29 is 34.1 Å². The van der Waals surface area contributed by atoms with Gasteiger partial charge in [0.15, 0.2) is 0 Å². The molecule has 1 aromatic rings. The van der Waals surface area contributed by atoms with Crippen LogP contribution in [0.2, 0.25) is 0 Å². The Hall–Kier alpha value is -2.49. The molecule has 1 aliphatic rings. The van der Waals surface area contributed by atoms with Crippen molar-refractivity contribution in [2.45, 2.75) is 64.0 Å². The van der Waals surface area contributed by atoms with Gasteiger partial charge >= 0.3 is 12.0 Å². The van der Waals surface area contributed by atoms with E-state index in [9.17, 15) is 19.5 Å². The van der Waals surface area contributed by atoms with E-state index >= 15 is 0 Å². The Kier molecular flexibility index (Phi) is 11.1. The monoisotopic (exact) mass is 450 g/mol. The normalized spacial score (nSPS) is 16.8. The topological polar surface area (TPSA) is 125 Å². The molecule has 1 aliphatic heterocycles. The number of nitrogens with one attached hydrogen (secondary N) is 1. The van der Waals surface area contributed by atoms with Gasteiger partial charge in [-0.1, -0.05) is 38.3 Å². The van der Waals surface area contributed by atoms with Crippen LogP contribution in [0, 0.1) is 0 Å². The van der Waals surface area contributed by atoms with Crippen molar-refractivity contribution in [2.75, 3.05) is 31.3 Å². The summed E-state index contributed by atoms with van der Waals surface area (Å²) in [5, 5.41) is 21.3. The van der Waals surface area contributed by atoms with Crippen molar-refractivity contribution >= 4 is 23.6 Å². The first-order valence-electron chi connectivity index (χ1n) is 11.2. The Morgan fingerprint density at radius 2 is 1.88 bits per heavy atom. The number of aliphatic hydroxyl groups excluding tert-OH is 2. The second kappa shape index (κ2) is 13.8. The summed E-state index contributed by atoms with van der Waals surface area (Å²) >= 11 is 0. The molecule has 0 aromatic heterocycles. The molecule has 178 valence electrons. The van der Waals surface area contributed by atoms with E-state index in [4.69, 9.17) is 14.6 Å². The van der Waals surface area contributed by atoms with Gasteiger partial charge in [-0.3, -0.25) is 19.8 Å². The molecule has 0 radical (unpaired) electrons. The summed E-state index contributed by atoms with van der Waals surface area (Å²) < 4.78 is 10.3. The van der Waals surface area contributed by atoms with E-state index in [0.29, 0.717) is 31.6 Å². The highest BCUT2D eigenvalue weighted by Crippen LogP contribution is 2.26. The van der Waals surface area contributed by atoms with Gasteiger partial charge in [0.1, 0.15) is 12.6 Å². The third kappa shape index (κ3) is 7.89. The van der Waals surface area contributed by atoms with Crippen LogP contribution in [-0.4, -0.2) is 60.6 Å². The predicted octanol–water partition coefficient (Wildman–Crippen LogP) is 2.45. The fourth-order valence-corrected chi connectivity index (χ4v) is 3.52. The molecule has 1 fully saturated rings. The number of rotatable bonds is 15. The number of esters is 1. The van der Waals surface area contributed by atoms with Crippen molar-refractivity contribution in [1.82, 2.24) is 5.32 Å². The van der Waals surface area contributed by atoms with Gasteiger partial charge in [0.2, 0.25) is 0 Å². The average molecular weight is 451 g/mol. The van der Waals surface area contributed by atoms with Gasteiger partial charge in [0.25, 0.3) is 5.91 Å². The lowest BCUT2D eigenvalue weighted by molar-refractivity contribution is -0.145. The van der Waals surface area contributed by atoms with E-state index in [1.165, 1.54) is 4.90 Å². The maximum atomic E-state index is 12.3. The number of nitrogens with zero attached hydrogens (tertiary/aromatic N) is 1. The second-order valence-electron chi connectivity index (χ2n) is 7.73. The van der Waals surface area contributed by atoms with Crippen LogP contribution in [0.25, 0.3) is 0 Å². The minimum absolute atomic E-state index is 0.0147. The van der Waals surface area contributed by atoms with Crippen LogP contribution in [-0.2, 0) is 19.1 Å². The van der Waals surface area contributed by atoms with Gasteiger partial charge in [-0.25, -0.2) is 4.79 Å². The first-order chi connectivity index (χ1) is 15.5. The lowest BCUT2D eigenvalue weighted by Gasteiger charge is -2.22. The van der Waals surface area contributed by atoms with Gasteiger partial charge < -0.3 is 19.7 Å². The highest BCUT2D eigenvalue weighted by atomic mass is 16.5. The Labute approximate surface area is 188 Å². The quantitative estimate of drug-likeness (QED) is 0.213. The molecule has 2 atom stereocenters. The van der Waals surface area contributed by atoms with Crippen molar-refractivity contribution in [2.24, 2.45) is 0 Å². The number of urea groups is 1. The Morgan fingerprint density at radius 3 is 2.56 bits per heavy atom. The predicted molar refractivity (Wildman–Crippen MR) is 118 cm³/mol. The summed E-state index contributed by atoms with van der Waals surface area (Å²) in [6.07, 6.45) is 4.22. The van der Waals surface area contributed by atoms with Crippen LogP contribution in [0.15, 0.2) is 24.3 Å². The van der Waals surface area contributed by atoms with E-state index in [1.807, 2.05) is 0 Å². The number of ether oxygens (including phenoxy) is 2. The van der Waals surface area contributed by atoms with Gasteiger partial charge in [-0.15, -0.1) is 0 Å². The Morgan fingerprint density at radius 1 is 1.12 bits per heavy atom. The largest absolute Gasteiger partial charge is 0.463 e. The molecule has 1 unspecified atom stereocenters. The summed E-state index contributed by atoms with van der Waals surface area (Å²) in [5.41, 5.74) is 1.36. The molecule has 0 saturated carbocycles. The molecule has 0 bridgehead atoms. The summed E-state index contributed by atoms with van der Waals surface area (Å²) in [4.78, 5) is 37.3. The zero-order chi connectivity index (χ0) is 23.3. The number of amides is 3. The lowest BCUT2D eigenvalue weighted by Crippen LogP contribution is -2.36. The smallest absolute Gasteiger partial charge is 0.329 e. The van der Waals surface area contributed by atoms with Crippen LogP contribution >= 0.6 is 0 Å². The van der Waals surface area contributed by atoms with Crippen molar-refractivity contribution in [1.29, 1.82) is 0 Å². The maximum absolute atomic E-state index is 12.3. The second-order valence-corrected chi connectivity index (χ2v) is 7.73. The maximum Gasteiger partial charge on any atom is 0.329 e. The lowest BCUT2D eigenvalue weighted by atomic mass is 10.0. The van der Waals surface area contributed by atoms with E-state index in [2.05, 4.69) is 12.2 Å². The number of imide groups is 1. The molecule has 2 rings (SSSR count). The van der Waals surface area contributed by atoms with Gasteiger partial charge in [-0.2, -0.15) is 0 Å². The van der Waals surface area contributed by atoms with Crippen LogP contribution in [0.3, 0.4) is 0 Å². The number of aliphatic hydroxyl groups is 2. The molecule has 0 aliphatic carbocycles. The standard InChI is InChI=1S/C23H34N2O7/c1-2-3-4-6-20(27)17-8-10-18(11-9-17)25-19(22(29)24-23(25)30)12-15-31-14-5-7-21(28)32-16-13-26/h8-11,19-20,26-27H,2-7,12-16H2,1H3,(H,24,29,30)/t19-,20?/m0/s1. The Bertz CT molecular complexity index is 738. The van der Waals surface area contributed by atoms with Crippen LogP contribution in [0.4, 0.5) is 10.5 Å². The summed E-state index contributed by atoms with van der Waals surface area (Å²) in [6, 6.07) is 5.88. The molecule has 1 saturated heterocycles. The molecule has 3 amide bonds.